The molecule has 0 radical (unpaired) electrons. The Morgan fingerprint density at radius 1 is 1.06 bits per heavy atom. The molecule has 168 valence electrons. The van der Waals surface area contributed by atoms with Crippen LogP contribution in [0.3, 0.4) is 0 Å². The van der Waals surface area contributed by atoms with Crippen molar-refractivity contribution in [3.8, 4) is 17.4 Å². The van der Waals surface area contributed by atoms with E-state index in [1.165, 1.54) is 29.4 Å². The zero-order chi connectivity index (χ0) is 23.2. The fraction of sp³-hybridized carbons (Fsp3) is 0.227. The van der Waals surface area contributed by atoms with E-state index in [-0.39, 0.29) is 29.0 Å². The molecule has 2 aromatic heterocycles. The maximum atomic E-state index is 14.8. The molecule has 7 nitrogen and oxygen atoms in total. The predicted octanol–water partition coefficient (Wildman–Crippen LogP) is 4.39. The first-order valence-corrected chi connectivity index (χ1v) is 10.0. The second-order valence-corrected chi connectivity index (χ2v) is 7.53. The Morgan fingerprint density at radius 3 is 2.48 bits per heavy atom. The summed E-state index contributed by atoms with van der Waals surface area (Å²) in [4.78, 5) is 30.4. The van der Waals surface area contributed by atoms with Crippen LogP contribution >= 0.6 is 0 Å². The number of carbonyl (C=O) groups is 1. The molecule has 1 unspecified atom stereocenters. The molecule has 2 aliphatic rings. The van der Waals surface area contributed by atoms with Gasteiger partial charge in [-0.25, -0.2) is 24.3 Å². The Morgan fingerprint density at radius 2 is 1.79 bits per heavy atom. The molecule has 0 saturated carbocycles. The second kappa shape index (κ2) is 7.91. The number of carbonyl (C=O) groups excluding carboxylic acids is 1. The lowest BCUT2D eigenvalue weighted by Crippen LogP contribution is -2.32. The Balaban J connectivity index is 1.45. The van der Waals surface area contributed by atoms with Crippen molar-refractivity contribution in [2.75, 3.05) is 0 Å². The van der Waals surface area contributed by atoms with Gasteiger partial charge in [-0.2, -0.15) is 13.2 Å². The van der Waals surface area contributed by atoms with Crippen molar-refractivity contribution in [3.63, 3.8) is 0 Å². The van der Waals surface area contributed by atoms with E-state index in [1.807, 2.05) is 0 Å². The third-order valence-corrected chi connectivity index (χ3v) is 5.54. The molecule has 1 saturated heterocycles. The topological polar surface area (TPSA) is 81.1 Å². The molecule has 33 heavy (non-hydrogen) atoms. The number of rotatable bonds is 4. The highest BCUT2D eigenvalue weighted by molar-refractivity contribution is 6.02. The van der Waals surface area contributed by atoms with Crippen LogP contribution in [0, 0.1) is 5.82 Å². The van der Waals surface area contributed by atoms with Crippen molar-refractivity contribution >= 4 is 5.91 Å². The molecule has 0 spiro atoms. The monoisotopic (exact) mass is 457 g/mol. The van der Waals surface area contributed by atoms with E-state index in [0.717, 1.165) is 0 Å². The SMILES string of the molecule is O=C(c1c(F)cccc1-c1ncccn1)N1C2=C(Oc3ncc(C(F)(F)F)cn3)CC1CC2. The van der Waals surface area contributed by atoms with Crippen molar-refractivity contribution in [1.82, 2.24) is 24.8 Å². The summed E-state index contributed by atoms with van der Waals surface area (Å²) in [6.07, 6.45) is 1.20. The molecule has 2 bridgehead atoms. The first-order chi connectivity index (χ1) is 15.8. The second-order valence-electron chi connectivity index (χ2n) is 7.53. The van der Waals surface area contributed by atoms with E-state index >= 15 is 0 Å². The highest BCUT2D eigenvalue weighted by Crippen LogP contribution is 2.43. The van der Waals surface area contributed by atoms with E-state index in [0.29, 0.717) is 43.1 Å². The van der Waals surface area contributed by atoms with Gasteiger partial charge >= 0.3 is 12.2 Å². The molecule has 5 rings (SSSR count). The van der Waals surface area contributed by atoms with Crippen LogP contribution < -0.4 is 4.74 Å². The number of nitrogens with zero attached hydrogens (tertiary/aromatic N) is 5. The molecule has 4 heterocycles. The van der Waals surface area contributed by atoms with E-state index in [2.05, 4.69) is 19.9 Å². The van der Waals surface area contributed by atoms with Crippen LogP contribution in [0.1, 0.15) is 35.2 Å². The van der Waals surface area contributed by atoms with Crippen LogP contribution in [0.2, 0.25) is 0 Å². The molecule has 1 amide bonds. The lowest BCUT2D eigenvalue weighted by atomic mass is 10.0. The van der Waals surface area contributed by atoms with E-state index in [9.17, 15) is 22.4 Å². The molecule has 1 atom stereocenters. The van der Waals surface area contributed by atoms with Gasteiger partial charge in [0.15, 0.2) is 5.82 Å². The summed E-state index contributed by atoms with van der Waals surface area (Å²) < 4.78 is 58.6. The third kappa shape index (κ3) is 3.79. The van der Waals surface area contributed by atoms with Crippen LogP contribution in [-0.2, 0) is 6.18 Å². The first kappa shape index (κ1) is 21.0. The summed E-state index contributed by atoms with van der Waals surface area (Å²) in [7, 11) is 0. The summed E-state index contributed by atoms with van der Waals surface area (Å²) in [5.41, 5.74) is -0.342. The number of halogens is 4. The number of allylic oxidation sites excluding steroid dienone is 1. The van der Waals surface area contributed by atoms with Crippen LogP contribution in [0.15, 0.2) is 60.5 Å². The van der Waals surface area contributed by atoms with Crippen LogP contribution in [-0.4, -0.2) is 36.8 Å². The number of amides is 1. The molecule has 11 heteroatoms. The van der Waals surface area contributed by atoms with Gasteiger partial charge in [0.05, 0.1) is 16.8 Å². The summed E-state index contributed by atoms with van der Waals surface area (Å²) in [5, 5.41) is 0. The average molecular weight is 457 g/mol. The number of fused-ring (bicyclic) bond motifs is 2. The van der Waals surface area contributed by atoms with Gasteiger partial charge in [0, 0.05) is 42.8 Å². The smallest absolute Gasteiger partial charge is 0.419 e. The molecule has 0 N–H and O–H groups in total. The van der Waals surface area contributed by atoms with Gasteiger partial charge in [0.25, 0.3) is 5.91 Å². The highest BCUT2D eigenvalue weighted by Gasteiger charge is 2.44. The van der Waals surface area contributed by atoms with E-state index in [1.54, 1.807) is 12.1 Å². The Bertz CT molecular complexity index is 1250. The summed E-state index contributed by atoms with van der Waals surface area (Å²) in [6.45, 7) is 0. The van der Waals surface area contributed by atoms with E-state index < -0.39 is 23.5 Å². The molecule has 0 aliphatic carbocycles. The number of alkyl halides is 3. The first-order valence-electron chi connectivity index (χ1n) is 10.0. The molecule has 2 aliphatic heterocycles. The molecule has 1 fully saturated rings. The summed E-state index contributed by atoms with van der Waals surface area (Å²) >= 11 is 0. The maximum Gasteiger partial charge on any atom is 0.419 e. The minimum Gasteiger partial charge on any atom is -0.427 e. The quantitative estimate of drug-likeness (QED) is 0.541. The van der Waals surface area contributed by atoms with Gasteiger partial charge in [-0.1, -0.05) is 12.1 Å². The number of hydrogen-bond acceptors (Lipinski definition) is 6. The zero-order valence-corrected chi connectivity index (χ0v) is 16.9. The standard InChI is InChI=1S/C22H15F4N5O2/c23-15-4-1-3-14(19-27-7-2-8-28-19)18(15)20(32)31-13-5-6-16(31)17(9-13)33-21-29-10-12(11-30-21)22(24,25)26/h1-4,7-8,10-11,13H,5-6,9H2. The molecular weight excluding hydrogens is 442 g/mol. The normalized spacial score (nSPS) is 17.6. The Kier molecular flexibility index (Phi) is 5.03. The molecule has 1 aromatic carbocycles. The fourth-order valence-corrected chi connectivity index (χ4v) is 4.07. The van der Waals surface area contributed by atoms with Gasteiger partial charge in [-0.3, -0.25) is 4.79 Å². The highest BCUT2D eigenvalue weighted by atomic mass is 19.4. The number of benzene rings is 1. The van der Waals surface area contributed by atoms with Crippen molar-refractivity contribution in [2.24, 2.45) is 0 Å². The fourth-order valence-electron chi connectivity index (χ4n) is 4.07. The zero-order valence-electron chi connectivity index (χ0n) is 16.9. The van der Waals surface area contributed by atoms with Crippen molar-refractivity contribution in [1.29, 1.82) is 0 Å². The van der Waals surface area contributed by atoms with Crippen LogP contribution in [0.5, 0.6) is 6.01 Å². The van der Waals surface area contributed by atoms with Gasteiger partial charge in [-0.05, 0) is 25.0 Å². The predicted molar refractivity (Wildman–Crippen MR) is 106 cm³/mol. The minimum atomic E-state index is -4.56. The largest absolute Gasteiger partial charge is 0.427 e. The van der Waals surface area contributed by atoms with Crippen molar-refractivity contribution in [3.05, 3.63) is 77.5 Å². The molecular formula is C22H15F4N5O2. The molecule has 3 aromatic rings. The van der Waals surface area contributed by atoms with Gasteiger partial charge in [-0.15, -0.1) is 0 Å². The lowest BCUT2D eigenvalue weighted by Gasteiger charge is -2.21. The van der Waals surface area contributed by atoms with Crippen molar-refractivity contribution < 1.29 is 27.1 Å². The van der Waals surface area contributed by atoms with Crippen LogP contribution in [0.25, 0.3) is 11.4 Å². The Labute approximate surface area is 184 Å². The number of ether oxygens (including phenoxy) is 1. The Hall–Kier alpha value is -3.89. The summed E-state index contributed by atoms with van der Waals surface area (Å²) in [6, 6.07) is 5.34. The van der Waals surface area contributed by atoms with Crippen LogP contribution in [0.4, 0.5) is 17.6 Å². The summed E-state index contributed by atoms with van der Waals surface area (Å²) in [5.74, 6) is -0.658. The average Bonchev–Trinajstić information content (AvgIpc) is 3.37. The minimum absolute atomic E-state index is 0.153. The third-order valence-electron chi connectivity index (χ3n) is 5.54. The van der Waals surface area contributed by atoms with Gasteiger partial charge in [0.1, 0.15) is 11.6 Å². The maximum absolute atomic E-state index is 14.8. The lowest BCUT2D eigenvalue weighted by molar-refractivity contribution is -0.138. The van der Waals surface area contributed by atoms with Gasteiger partial charge < -0.3 is 9.64 Å². The van der Waals surface area contributed by atoms with Crippen molar-refractivity contribution in [2.45, 2.75) is 31.5 Å². The van der Waals surface area contributed by atoms with Gasteiger partial charge in [0.2, 0.25) is 0 Å². The van der Waals surface area contributed by atoms with E-state index in [4.69, 9.17) is 4.74 Å². The number of hydrogen-bond donors (Lipinski definition) is 0. The number of aromatic nitrogens is 4.